The van der Waals surface area contributed by atoms with Crippen LogP contribution in [0.4, 0.5) is 0 Å². The Morgan fingerprint density at radius 2 is 2.28 bits per heavy atom. The number of rotatable bonds is 6. The van der Waals surface area contributed by atoms with Crippen molar-refractivity contribution in [1.29, 1.82) is 0 Å². The molecule has 2 rings (SSSR count). The number of ether oxygens (including phenoxy) is 2. The summed E-state index contributed by atoms with van der Waals surface area (Å²) in [6.45, 7) is 3.36. The van der Waals surface area contributed by atoms with E-state index in [-0.39, 0.29) is 0 Å². The lowest BCUT2D eigenvalue weighted by molar-refractivity contribution is 0.0978. The van der Waals surface area contributed by atoms with Gasteiger partial charge in [0.1, 0.15) is 5.75 Å². The van der Waals surface area contributed by atoms with Gasteiger partial charge in [0, 0.05) is 12.2 Å². The van der Waals surface area contributed by atoms with Crippen molar-refractivity contribution in [3.8, 4) is 5.75 Å². The molecule has 1 saturated heterocycles. The van der Waals surface area contributed by atoms with Crippen LogP contribution in [0.5, 0.6) is 5.75 Å². The summed E-state index contributed by atoms with van der Waals surface area (Å²) in [7, 11) is 0. The molecule has 1 aliphatic rings. The molecule has 2 atom stereocenters. The van der Waals surface area contributed by atoms with Gasteiger partial charge in [0.05, 0.1) is 18.8 Å². The summed E-state index contributed by atoms with van der Waals surface area (Å²) in [5.74, 6) is 0.792. The minimum atomic E-state index is -0.487. The lowest BCUT2D eigenvalue weighted by Gasteiger charge is -2.14. The van der Waals surface area contributed by atoms with Gasteiger partial charge < -0.3 is 14.6 Å². The van der Waals surface area contributed by atoms with E-state index in [2.05, 4.69) is 0 Å². The van der Waals surface area contributed by atoms with Gasteiger partial charge in [-0.05, 0) is 38.7 Å². The maximum Gasteiger partial charge on any atom is 0.125 e. The Balaban J connectivity index is 1.75. The van der Waals surface area contributed by atoms with E-state index in [1.807, 2.05) is 24.3 Å². The Morgan fingerprint density at radius 1 is 1.44 bits per heavy atom. The Bertz CT molecular complexity index is 357. The van der Waals surface area contributed by atoms with E-state index >= 15 is 0 Å². The van der Waals surface area contributed by atoms with Crippen molar-refractivity contribution in [2.45, 2.75) is 44.8 Å². The third-order valence-electron chi connectivity index (χ3n) is 3.32. The first-order valence-corrected chi connectivity index (χ1v) is 6.79. The molecule has 0 spiro atoms. The topological polar surface area (TPSA) is 38.7 Å². The van der Waals surface area contributed by atoms with Gasteiger partial charge >= 0.3 is 0 Å². The Kier molecular flexibility index (Phi) is 5.02. The number of benzene rings is 1. The highest BCUT2D eigenvalue weighted by atomic mass is 16.5. The normalized spacial score (nSPS) is 20.9. The fraction of sp³-hybridized carbons (Fsp3) is 0.600. The molecule has 1 heterocycles. The second kappa shape index (κ2) is 6.76. The highest BCUT2D eigenvalue weighted by molar-refractivity contribution is 5.34. The molecule has 1 aromatic carbocycles. The highest BCUT2D eigenvalue weighted by Gasteiger charge is 2.15. The van der Waals surface area contributed by atoms with Crippen LogP contribution in [-0.2, 0) is 4.74 Å². The molecule has 18 heavy (non-hydrogen) atoms. The van der Waals surface area contributed by atoms with Crippen molar-refractivity contribution < 1.29 is 14.6 Å². The lowest BCUT2D eigenvalue weighted by atomic mass is 10.1. The van der Waals surface area contributed by atoms with Crippen molar-refractivity contribution in [1.82, 2.24) is 0 Å². The third-order valence-corrected chi connectivity index (χ3v) is 3.32. The second-order valence-corrected chi connectivity index (χ2v) is 4.84. The largest absolute Gasteiger partial charge is 0.493 e. The fourth-order valence-corrected chi connectivity index (χ4v) is 2.32. The van der Waals surface area contributed by atoms with E-state index in [1.165, 1.54) is 12.8 Å². The molecule has 1 fully saturated rings. The molecule has 0 radical (unpaired) electrons. The zero-order valence-electron chi connectivity index (χ0n) is 11.0. The first kappa shape index (κ1) is 13.4. The molecule has 0 aromatic heterocycles. The van der Waals surface area contributed by atoms with Crippen molar-refractivity contribution in [2.75, 3.05) is 13.2 Å². The number of aliphatic hydroxyl groups is 1. The number of hydrogen-bond donors (Lipinski definition) is 1. The van der Waals surface area contributed by atoms with Crippen LogP contribution in [0.1, 0.15) is 44.3 Å². The number of para-hydroxylation sites is 1. The van der Waals surface area contributed by atoms with E-state index in [0.717, 1.165) is 30.8 Å². The van der Waals surface area contributed by atoms with Crippen LogP contribution in [0, 0.1) is 0 Å². The van der Waals surface area contributed by atoms with Crippen LogP contribution in [0.3, 0.4) is 0 Å². The molecular formula is C15H22O3. The molecule has 2 unspecified atom stereocenters. The summed E-state index contributed by atoms with van der Waals surface area (Å²) in [6, 6.07) is 7.66. The molecule has 1 aromatic rings. The monoisotopic (exact) mass is 250 g/mol. The SMILES string of the molecule is CC(O)c1ccccc1OCCCC1CCCO1. The second-order valence-electron chi connectivity index (χ2n) is 4.84. The summed E-state index contributed by atoms with van der Waals surface area (Å²) in [5, 5.41) is 9.63. The Morgan fingerprint density at radius 3 is 3.00 bits per heavy atom. The lowest BCUT2D eigenvalue weighted by Crippen LogP contribution is -2.08. The Hall–Kier alpha value is -1.06. The van der Waals surface area contributed by atoms with Gasteiger partial charge in [-0.1, -0.05) is 18.2 Å². The molecule has 0 amide bonds. The first-order chi connectivity index (χ1) is 8.77. The van der Waals surface area contributed by atoms with Crippen LogP contribution < -0.4 is 4.74 Å². The van der Waals surface area contributed by atoms with Gasteiger partial charge in [0.15, 0.2) is 0 Å². The van der Waals surface area contributed by atoms with Gasteiger partial charge in [0.25, 0.3) is 0 Å². The minimum absolute atomic E-state index is 0.431. The van der Waals surface area contributed by atoms with Crippen molar-refractivity contribution in [2.24, 2.45) is 0 Å². The van der Waals surface area contributed by atoms with Gasteiger partial charge in [-0.2, -0.15) is 0 Å². The summed E-state index contributed by atoms with van der Waals surface area (Å²) in [5.41, 5.74) is 0.856. The van der Waals surface area contributed by atoms with Gasteiger partial charge in [-0.15, -0.1) is 0 Å². The van der Waals surface area contributed by atoms with Crippen LogP contribution in [0.2, 0.25) is 0 Å². The zero-order valence-corrected chi connectivity index (χ0v) is 11.0. The minimum Gasteiger partial charge on any atom is -0.493 e. The highest BCUT2D eigenvalue weighted by Crippen LogP contribution is 2.25. The van der Waals surface area contributed by atoms with Crippen LogP contribution in [0.15, 0.2) is 24.3 Å². The van der Waals surface area contributed by atoms with Crippen LogP contribution in [-0.4, -0.2) is 24.4 Å². The van der Waals surface area contributed by atoms with Gasteiger partial charge in [-0.25, -0.2) is 0 Å². The molecule has 0 bridgehead atoms. The summed E-state index contributed by atoms with van der Waals surface area (Å²) in [4.78, 5) is 0. The predicted molar refractivity (Wildman–Crippen MR) is 70.8 cm³/mol. The third kappa shape index (κ3) is 3.72. The Labute approximate surface area is 109 Å². The van der Waals surface area contributed by atoms with Crippen molar-refractivity contribution in [3.05, 3.63) is 29.8 Å². The number of aliphatic hydroxyl groups excluding tert-OH is 1. The van der Waals surface area contributed by atoms with Crippen molar-refractivity contribution in [3.63, 3.8) is 0 Å². The average Bonchev–Trinajstić information content (AvgIpc) is 2.88. The maximum atomic E-state index is 9.63. The summed E-state index contributed by atoms with van der Waals surface area (Å²) < 4.78 is 11.3. The molecule has 100 valence electrons. The molecule has 3 nitrogen and oxygen atoms in total. The van der Waals surface area contributed by atoms with Crippen LogP contribution in [0.25, 0.3) is 0 Å². The molecule has 0 saturated carbocycles. The first-order valence-electron chi connectivity index (χ1n) is 6.79. The van der Waals surface area contributed by atoms with Crippen LogP contribution >= 0.6 is 0 Å². The zero-order chi connectivity index (χ0) is 12.8. The van der Waals surface area contributed by atoms with Crippen molar-refractivity contribution >= 4 is 0 Å². The molecule has 1 aliphatic heterocycles. The van der Waals surface area contributed by atoms with Gasteiger partial charge in [-0.3, -0.25) is 0 Å². The van der Waals surface area contributed by atoms with E-state index in [9.17, 15) is 5.11 Å². The summed E-state index contributed by atoms with van der Waals surface area (Å²) in [6.07, 6.45) is 4.39. The standard InChI is InChI=1S/C15H22O3/c1-12(16)14-8-2-3-9-15(14)18-11-5-7-13-6-4-10-17-13/h2-3,8-9,12-13,16H,4-7,10-11H2,1H3. The average molecular weight is 250 g/mol. The maximum absolute atomic E-state index is 9.63. The molecule has 3 heteroatoms. The quantitative estimate of drug-likeness (QED) is 0.789. The van der Waals surface area contributed by atoms with E-state index in [0.29, 0.717) is 12.7 Å². The van der Waals surface area contributed by atoms with E-state index in [1.54, 1.807) is 6.92 Å². The molecule has 0 aliphatic carbocycles. The molecular weight excluding hydrogens is 228 g/mol. The van der Waals surface area contributed by atoms with E-state index in [4.69, 9.17) is 9.47 Å². The summed E-state index contributed by atoms with van der Waals surface area (Å²) >= 11 is 0. The van der Waals surface area contributed by atoms with Gasteiger partial charge in [0.2, 0.25) is 0 Å². The van der Waals surface area contributed by atoms with E-state index < -0.39 is 6.10 Å². The predicted octanol–water partition coefficient (Wildman–Crippen LogP) is 3.08. The fourth-order valence-electron chi connectivity index (χ4n) is 2.32. The smallest absolute Gasteiger partial charge is 0.125 e. The molecule has 1 N–H and O–H groups in total. The number of hydrogen-bond acceptors (Lipinski definition) is 3.